The van der Waals surface area contributed by atoms with Crippen LogP contribution in [-0.2, 0) is 0 Å². The third kappa shape index (κ3) is 6.45. The molecule has 9 aliphatic rings. The monoisotopic (exact) mass is 731 g/mol. The van der Waals surface area contributed by atoms with Crippen LogP contribution >= 0.6 is 0 Å². The van der Waals surface area contributed by atoms with Gasteiger partial charge in [0.25, 0.3) is 0 Å². The maximum Gasteiger partial charge on any atom is 0.0628 e. The van der Waals surface area contributed by atoms with Crippen molar-refractivity contribution in [1.82, 2.24) is 42.5 Å². The van der Waals surface area contributed by atoms with Crippen LogP contribution in [0.25, 0.3) is 21.5 Å². The van der Waals surface area contributed by atoms with E-state index in [0.717, 1.165) is 47.3 Å². The number of nitrogens with one attached hydrogen (secondary N) is 8. The largest absolute Gasteiger partial charge is 0.286 e. The van der Waals surface area contributed by atoms with E-state index in [1.165, 1.54) is 124 Å². The van der Waals surface area contributed by atoms with Crippen LogP contribution in [0, 0.1) is 47.3 Å². The van der Waals surface area contributed by atoms with E-state index in [9.17, 15) is 0 Å². The summed E-state index contributed by atoms with van der Waals surface area (Å²) >= 11 is 0. The molecule has 3 aromatic rings. The highest BCUT2D eigenvalue weighted by molar-refractivity contribution is 5.98. The third-order valence-electron chi connectivity index (χ3n) is 16.4. The third-order valence-corrected chi connectivity index (χ3v) is 16.4. The minimum atomic E-state index is 0.420. The molecule has 8 atom stereocenters. The number of fused-ring (bicyclic) bond motifs is 22. The van der Waals surface area contributed by atoms with Crippen LogP contribution < -0.4 is 42.5 Å². The summed E-state index contributed by atoms with van der Waals surface area (Å²) < 4.78 is 0. The molecule has 8 bridgehead atoms. The zero-order valence-corrected chi connectivity index (χ0v) is 32.3. The zero-order valence-electron chi connectivity index (χ0n) is 32.3. The van der Waals surface area contributed by atoms with E-state index in [4.69, 9.17) is 0 Å². The lowest BCUT2D eigenvalue weighted by molar-refractivity contribution is 0.167. The first kappa shape index (κ1) is 35.1. The molecule has 290 valence electrons. The van der Waals surface area contributed by atoms with Crippen LogP contribution in [0.2, 0.25) is 0 Å². The topological polar surface area (TPSA) is 96.2 Å². The number of hydrogen-bond acceptors (Lipinski definition) is 8. The van der Waals surface area contributed by atoms with Gasteiger partial charge in [0.05, 0.1) is 49.3 Å². The van der Waals surface area contributed by atoms with Crippen LogP contribution in [0.5, 0.6) is 0 Å². The normalized spacial score (nSPS) is 45.5. The summed E-state index contributed by atoms with van der Waals surface area (Å²) in [6.45, 7) is 0. The van der Waals surface area contributed by atoms with Gasteiger partial charge in [-0.05, 0) is 132 Å². The summed E-state index contributed by atoms with van der Waals surface area (Å²) in [7, 11) is 0. The van der Waals surface area contributed by atoms with Crippen LogP contribution in [0.15, 0.2) is 60.7 Å². The Morgan fingerprint density at radius 1 is 0.259 bits per heavy atom. The Hall–Kier alpha value is -2.14. The van der Waals surface area contributed by atoms with Gasteiger partial charge in [-0.2, -0.15) is 0 Å². The van der Waals surface area contributed by atoms with Crippen LogP contribution in [0.4, 0.5) is 0 Å². The summed E-state index contributed by atoms with van der Waals surface area (Å²) in [6, 6.07) is 21.4. The predicted octanol–water partition coefficient (Wildman–Crippen LogP) is 6.60. The van der Waals surface area contributed by atoms with Gasteiger partial charge in [-0.25, -0.2) is 0 Å². The molecule has 8 nitrogen and oxygen atoms in total. The summed E-state index contributed by atoms with van der Waals surface area (Å²) in [5.74, 6) is 5.97. The van der Waals surface area contributed by atoms with Gasteiger partial charge in [0.1, 0.15) is 0 Å². The molecule has 0 amide bonds. The molecule has 0 spiro atoms. The smallest absolute Gasteiger partial charge is 0.0628 e. The van der Waals surface area contributed by atoms with Crippen LogP contribution in [0.3, 0.4) is 0 Å². The Balaban J connectivity index is 0.000000204. The van der Waals surface area contributed by atoms with E-state index in [1.807, 2.05) is 0 Å². The fourth-order valence-corrected chi connectivity index (χ4v) is 13.9. The van der Waals surface area contributed by atoms with Gasteiger partial charge in [0, 0.05) is 0 Å². The first-order valence-corrected chi connectivity index (χ1v) is 22.7. The molecule has 8 heteroatoms. The first-order chi connectivity index (χ1) is 26.7. The van der Waals surface area contributed by atoms with Crippen molar-refractivity contribution in [3.05, 3.63) is 60.7 Å². The minimum absolute atomic E-state index is 0.420. The van der Waals surface area contributed by atoms with Gasteiger partial charge in [0.15, 0.2) is 0 Å². The predicted molar refractivity (Wildman–Crippen MR) is 219 cm³/mol. The van der Waals surface area contributed by atoms with E-state index in [2.05, 4.69) is 103 Å². The van der Waals surface area contributed by atoms with E-state index in [0.29, 0.717) is 49.3 Å². The van der Waals surface area contributed by atoms with E-state index >= 15 is 0 Å². The van der Waals surface area contributed by atoms with Gasteiger partial charge in [-0.1, -0.05) is 99.9 Å². The second-order valence-electron chi connectivity index (χ2n) is 19.1. The molecule has 5 heterocycles. The Morgan fingerprint density at radius 3 is 0.593 bits per heavy atom. The molecule has 4 saturated carbocycles. The average molecular weight is 731 g/mol. The quantitative estimate of drug-likeness (QED) is 0.123. The van der Waals surface area contributed by atoms with Crippen molar-refractivity contribution in [2.24, 2.45) is 47.3 Å². The van der Waals surface area contributed by atoms with Gasteiger partial charge in [-0.15, -0.1) is 0 Å². The highest BCUT2D eigenvalue weighted by atomic mass is 15.4. The second-order valence-corrected chi connectivity index (χ2v) is 19.1. The second kappa shape index (κ2) is 15.0. The Bertz CT molecular complexity index is 1450. The zero-order chi connectivity index (χ0) is 35.6. The van der Waals surface area contributed by atoms with E-state index in [1.54, 1.807) is 0 Å². The van der Waals surface area contributed by atoms with Crippen molar-refractivity contribution in [2.75, 3.05) is 0 Å². The molecule has 0 radical (unpaired) electrons. The van der Waals surface area contributed by atoms with Crippen LogP contribution in [0.1, 0.15) is 103 Å². The lowest BCUT2D eigenvalue weighted by Crippen LogP contribution is -2.61. The summed E-state index contributed by atoms with van der Waals surface area (Å²) in [5, 5.41) is 39.0. The number of rotatable bonds is 0. The SMILES string of the molecule is C1CCC2C3NC(NC4NC(NC5NC(NC6NC(N3)C3CCCCC63)C3CCCCC53)C3CCCCC43)C2C1.c1ccc2cc3ccccc3cc2c1. The van der Waals surface area contributed by atoms with Gasteiger partial charge in [0.2, 0.25) is 0 Å². The van der Waals surface area contributed by atoms with Crippen molar-refractivity contribution in [3.63, 3.8) is 0 Å². The molecule has 8 unspecified atom stereocenters. The standard InChI is InChI=1S/C32H56N8.C14H10/c1-2-10-18-17(9-1)25-33-26(18)38-28-21-13-5-6-14-22(21)30(35-28)40-32-24-16-8-7-15-23(24)31(36-32)39-29-20-12-4-3-11-19(20)27(34-29)37-25;1-2-6-12-10-14-8-4-3-7-13(14)9-11(12)5-1/h17-40H,1-16H2;1-10H. The van der Waals surface area contributed by atoms with E-state index < -0.39 is 0 Å². The Kier molecular flexibility index (Phi) is 9.73. The molecule has 9 fully saturated rings. The molecule has 54 heavy (non-hydrogen) atoms. The van der Waals surface area contributed by atoms with Crippen molar-refractivity contribution in [1.29, 1.82) is 0 Å². The molecule has 5 aliphatic heterocycles. The van der Waals surface area contributed by atoms with Gasteiger partial charge >= 0.3 is 0 Å². The van der Waals surface area contributed by atoms with Gasteiger partial charge < -0.3 is 0 Å². The maximum absolute atomic E-state index is 4.26. The molecule has 0 aromatic heterocycles. The molecule has 4 aliphatic carbocycles. The molecular weight excluding hydrogens is 665 g/mol. The van der Waals surface area contributed by atoms with Crippen LogP contribution in [-0.4, -0.2) is 49.3 Å². The molecule has 5 saturated heterocycles. The van der Waals surface area contributed by atoms with Crippen molar-refractivity contribution < 1.29 is 0 Å². The van der Waals surface area contributed by atoms with Crippen molar-refractivity contribution in [3.8, 4) is 0 Å². The highest BCUT2D eigenvalue weighted by Crippen LogP contribution is 2.45. The van der Waals surface area contributed by atoms with Gasteiger partial charge in [-0.3, -0.25) is 42.5 Å². The highest BCUT2D eigenvalue weighted by Gasteiger charge is 2.54. The summed E-state index contributed by atoms with van der Waals surface area (Å²) in [4.78, 5) is 0. The fourth-order valence-electron chi connectivity index (χ4n) is 13.9. The summed E-state index contributed by atoms with van der Waals surface area (Å²) in [6.07, 6.45) is 25.6. The molecular formula is C46H66N8. The van der Waals surface area contributed by atoms with Crippen molar-refractivity contribution >= 4 is 21.5 Å². The average Bonchev–Trinajstić information content (AvgIpc) is 3.96. The Morgan fingerprint density at radius 2 is 0.426 bits per heavy atom. The molecule has 12 rings (SSSR count). The Labute approximate surface area is 323 Å². The molecule has 8 N–H and O–H groups in total. The minimum Gasteiger partial charge on any atom is -0.286 e. The number of hydrogen-bond donors (Lipinski definition) is 8. The van der Waals surface area contributed by atoms with E-state index in [-0.39, 0.29) is 0 Å². The maximum atomic E-state index is 4.26. The molecule has 3 aromatic carbocycles. The first-order valence-electron chi connectivity index (χ1n) is 22.7. The fraction of sp³-hybridized carbons (Fsp3) is 0.696. The lowest BCUT2D eigenvalue weighted by atomic mass is 9.76. The number of benzene rings is 3. The van der Waals surface area contributed by atoms with Crippen molar-refractivity contribution in [2.45, 2.75) is 152 Å². The lowest BCUT2D eigenvalue weighted by Gasteiger charge is -2.35. The summed E-state index contributed by atoms with van der Waals surface area (Å²) in [5.41, 5.74) is 0.